The maximum Gasteiger partial charge on any atom is 0.271 e. The standard InChI is InChI=1S/C23H20N4O4/c1-15-11-17(16(2)26(15)20-5-4-6-21(13-20)27(29)30)12-18(14-24)23(28)25-19-7-9-22(31-3)10-8-19/h4-13H,1-3H3,(H,25,28)/b18-12-. The summed E-state index contributed by atoms with van der Waals surface area (Å²) >= 11 is 0. The van der Waals surface area contributed by atoms with Crippen molar-refractivity contribution in [3.8, 4) is 17.5 Å². The van der Waals surface area contributed by atoms with E-state index in [1.807, 2.05) is 30.6 Å². The zero-order chi connectivity index (χ0) is 22.5. The summed E-state index contributed by atoms with van der Waals surface area (Å²) in [7, 11) is 1.55. The number of nitro groups is 1. The summed E-state index contributed by atoms with van der Waals surface area (Å²) in [5, 5.41) is 23.3. The van der Waals surface area contributed by atoms with Crippen LogP contribution in [0.15, 0.2) is 60.2 Å². The molecule has 0 aliphatic carbocycles. The Hall–Kier alpha value is -4.38. The van der Waals surface area contributed by atoms with Crippen LogP contribution in [0.3, 0.4) is 0 Å². The Morgan fingerprint density at radius 2 is 1.90 bits per heavy atom. The minimum Gasteiger partial charge on any atom is -0.497 e. The first-order valence-electron chi connectivity index (χ1n) is 9.35. The molecule has 8 nitrogen and oxygen atoms in total. The first-order chi connectivity index (χ1) is 14.8. The number of hydrogen-bond donors (Lipinski definition) is 1. The van der Waals surface area contributed by atoms with Crippen molar-refractivity contribution in [2.24, 2.45) is 0 Å². The number of ether oxygens (including phenoxy) is 1. The summed E-state index contributed by atoms with van der Waals surface area (Å²) in [6, 6.07) is 16.8. The number of methoxy groups -OCH3 is 1. The molecular weight excluding hydrogens is 396 g/mol. The molecule has 2 aromatic carbocycles. The van der Waals surface area contributed by atoms with Crippen LogP contribution in [0.25, 0.3) is 11.8 Å². The minimum atomic E-state index is -0.534. The molecule has 3 aromatic rings. The molecule has 0 saturated carbocycles. The van der Waals surface area contributed by atoms with Crippen molar-refractivity contribution in [3.05, 3.63) is 87.2 Å². The molecule has 0 unspecified atom stereocenters. The van der Waals surface area contributed by atoms with Crippen LogP contribution in [0.5, 0.6) is 5.75 Å². The number of aryl methyl sites for hydroxylation is 1. The summed E-state index contributed by atoms with van der Waals surface area (Å²) in [6.45, 7) is 3.68. The number of hydrogen-bond acceptors (Lipinski definition) is 5. The van der Waals surface area contributed by atoms with Crippen molar-refractivity contribution in [1.82, 2.24) is 4.57 Å². The second-order valence-electron chi connectivity index (χ2n) is 6.79. The average molecular weight is 416 g/mol. The summed E-state index contributed by atoms with van der Waals surface area (Å²) in [5.74, 6) is 0.121. The van der Waals surface area contributed by atoms with Crippen molar-refractivity contribution in [2.45, 2.75) is 13.8 Å². The monoisotopic (exact) mass is 416 g/mol. The zero-order valence-electron chi connectivity index (χ0n) is 17.2. The fourth-order valence-electron chi connectivity index (χ4n) is 3.25. The topological polar surface area (TPSA) is 110 Å². The molecule has 3 rings (SSSR count). The Bertz CT molecular complexity index is 1220. The van der Waals surface area contributed by atoms with E-state index in [0.29, 0.717) is 22.7 Å². The highest BCUT2D eigenvalue weighted by molar-refractivity contribution is 6.09. The van der Waals surface area contributed by atoms with Crippen molar-refractivity contribution in [2.75, 3.05) is 12.4 Å². The van der Waals surface area contributed by atoms with E-state index in [2.05, 4.69) is 5.32 Å². The quantitative estimate of drug-likeness (QED) is 0.274. The molecule has 0 aliphatic heterocycles. The van der Waals surface area contributed by atoms with Crippen LogP contribution >= 0.6 is 0 Å². The SMILES string of the molecule is COc1ccc(NC(=O)/C(C#N)=C\c2cc(C)n(-c3cccc([N+](=O)[O-])c3)c2C)cc1. The lowest BCUT2D eigenvalue weighted by Crippen LogP contribution is -2.13. The van der Waals surface area contributed by atoms with E-state index in [9.17, 15) is 20.2 Å². The first kappa shape index (κ1) is 21.3. The van der Waals surface area contributed by atoms with Gasteiger partial charge < -0.3 is 14.6 Å². The molecule has 156 valence electrons. The predicted octanol–water partition coefficient (Wildman–Crippen LogP) is 4.56. The van der Waals surface area contributed by atoms with Crippen LogP contribution in [-0.2, 0) is 4.79 Å². The minimum absolute atomic E-state index is 0.0151. The van der Waals surface area contributed by atoms with E-state index in [1.54, 1.807) is 43.5 Å². The van der Waals surface area contributed by atoms with Crippen molar-refractivity contribution in [3.63, 3.8) is 0 Å². The third-order valence-electron chi connectivity index (χ3n) is 4.78. The van der Waals surface area contributed by atoms with Crippen LogP contribution in [0.1, 0.15) is 17.0 Å². The number of nitrogens with one attached hydrogen (secondary N) is 1. The molecule has 0 bridgehead atoms. The molecule has 1 heterocycles. The number of nitro benzene ring substituents is 1. The van der Waals surface area contributed by atoms with E-state index in [1.165, 1.54) is 18.2 Å². The van der Waals surface area contributed by atoms with E-state index in [0.717, 1.165) is 11.4 Å². The highest BCUT2D eigenvalue weighted by Gasteiger charge is 2.15. The number of benzene rings is 2. The van der Waals surface area contributed by atoms with Crippen LogP contribution < -0.4 is 10.1 Å². The number of carbonyl (C=O) groups is 1. The molecule has 0 radical (unpaired) electrons. The molecule has 0 fully saturated rings. The Balaban J connectivity index is 1.92. The molecule has 8 heteroatoms. The lowest BCUT2D eigenvalue weighted by atomic mass is 10.1. The van der Waals surface area contributed by atoms with Crippen LogP contribution in [-0.4, -0.2) is 22.5 Å². The van der Waals surface area contributed by atoms with Gasteiger partial charge in [0.15, 0.2) is 0 Å². The molecule has 31 heavy (non-hydrogen) atoms. The van der Waals surface area contributed by atoms with Gasteiger partial charge in [0, 0.05) is 29.2 Å². The van der Waals surface area contributed by atoms with E-state index in [-0.39, 0.29) is 11.3 Å². The van der Waals surface area contributed by atoms with Gasteiger partial charge in [0.25, 0.3) is 11.6 Å². The second-order valence-corrected chi connectivity index (χ2v) is 6.79. The van der Waals surface area contributed by atoms with Crippen molar-refractivity contribution >= 4 is 23.4 Å². The van der Waals surface area contributed by atoms with E-state index in [4.69, 9.17) is 4.74 Å². The number of carbonyl (C=O) groups excluding carboxylic acids is 1. The summed E-state index contributed by atoms with van der Waals surface area (Å²) < 4.78 is 6.93. The molecule has 0 atom stereocenters. The summed E-state index contributed by atoms with van der Waals surface area (Å²) in [5.41, 5.74) is 3.33. The number of rotatable bonds is 6. The van der Waals surface area contributed by atoms with Gasteiger partial charge in [-0.1, -0.05) is 6.07 Å². The van der Waals surface area contributed by atoms with Gasteiger partial charge in [-0.05, 0) is 61.9 Å². The van der Waals surface area contributed by atoms with Gasteiger partial charge in [0.05, 0.1) is 17.7 Å². The Morgan fingerprint density at radius 1 is 1.19 bits per heavy atom. The average Bonchev–Trinajstić information content (AvgIpc) is 3.05. The lowest BCUT2D eigenvalue weighted by molar-refractivity contribution is -0.384. The Kier molecular flexibility index (Phi) is 6.17. The number of aromatic nitrogens is 1. The normalized spacial score (nSPS) is 11.0. The van der Waals surface area contributed by atoms with Gasteiger partial charge >= 0.3 is 0 Å². The summed E-state index contributed by atoms with van der Waals surface area (Å²) in [4.78, 5) is 23.2. The van der Waals surface area contributed by atoms with Crippen molar-refractivity contribution < 1.29 is 14.5 Å². The number of anilines is 1. The number of amides is 1. The summed E-state index contributed by atoms with van der Waals surface area (Å²) in [6.07, 6.45) is 1.51. The maximum atomic E-state index is 12.6. The first-order valence-corrected chi connectivity index (χ1v) is 9.35. The third kappa shape index (κ3) is 4.62. The highest BCUT2D eigenvalue weighted by Crippen LogP contribution is 2.25. The van der Waals surface area contributed by atoms with Crippen LogP contribution in [0, 0.1) is 35.3 Å². The van der Waals surface area contributed by atoms with Gasteiger partial charge in [0.2, 0.25) is 0 Å². The van der Waals surface area contributed by atoms with E-state index < -0.39 is 10.8 Å². The third-order valence-corrected chi connectivity index (χ3v) is 4.78. The van der Waals surface area contributed by atoms with Gasteiger partial charge in [-0.15, -0.1) is 0 Å². The molecular formula is C23H20N4O4. The maximum absolute atomic E-state index is 12.6. The predicted molar refractivity (Wildman–Crippen MR) is 117 cm³/mol. The largest absolute Gasteiger partial charge is 0.497 e. The molecule has 0 spiro atoms. The molecule has 1 aromatic heterocycles. The molecule has 0 aliphatic rings. The smallest absolute Gasteiger partial charge is 0.271 e. The Morgan fingerprint density at radius 3 is 2.52 bits per heavy atom. The number of nitriles is 1. The fourth-order valence-corrected chi connectivity index (χ4v) is 3.25. The van der Waals surface area contributed by atoms with Crippen LogP contribution in [0.2, 0.25) is 0 Å². The van der Waals surface area contributed by atoms with Gasteiger partial charge in [-0.25, -0.2) is 0 Å². The second kappa shape index (κ2) is 8.97. The number of nitrogens with zero attached hydrogens (tertiary/aromatic N) is 3. The lowest BCUT2D eigenvalue weighted by Gasteiger charge is -2.09. The fraction of sp³-hybridized carbons (Fsp3) is 0.130. The van der Waals surface area contributed by atoms with Gasteiger partial charge in [-0.3, -0.25) is 14.9 Å². The number of non-ortho nitro benzene ring substituents is 1. The van der Waals surface area contributed by atoms with Crippen LogP contribution in [0.4, 0.5) is 11.4 Å². The highest BCUT2D eigenvalue weighted by atomic mass is 16.6. The van der Waals surface area contributed by atoms with Crippen molar-refractivity contribution in [1.29, 1.82) is 5.26 Å². The Labute approximate surface area is 179 Å². The molecule has 0 saturated heterocycles. The molecule has 1 N–H and O–H groups in total. The molecule has 1 amide bonds. The van der Waals surface area contributed by atoms with E-state index >= 15 is 0 Å². The van der Waals surface area contributed by atoms with Gasteiger partial charge in [0.1, 0.15) is 17.4 Å². The van der Waals surface area contributed by atoms with Gasteiger partial charge in [-0.2, -0.15) is 5.26 Å². The zero-order valence-corrected chi connectivity index (χ0v) is 17.2.